The van der Waals surface area contributed by atoms with E-state index in [9.17, 15) is 14.7 Å². The van der Waals surface area contributed by atoms with Gasteiger partial charge in [-0.3, -0.25) is 4.79 Å². The molecular formula is C18H16ClNO5. The molecule has 0 radical (unpaired) electrons. The van der Waals surface area contributed by atoms with Crippen molar-refractivity contribution in [3.8, 4) is 11.5 Å². The number of halogens is 1. The van der Waals surface area contributed by atoms with Crippen LogP contribution in [-0.4, -0.2) is 30.7 Å². The topological polar surface area (TPSA) is 84.9 Å². The van der Waals surface area contributed by atoms with E-state index in [1.54, 1.807) is 24.3 Å². The standard InChI is InChI=1S/C18H16ClNO5/c1-24-18(23)13-3-2-4-14(16(13)21)20-17(22)11-7-10-8-12(19)5-6-15(10)25-9-11/h2-6,8,11,21H,7,9H2,1H3,(H,20,22). The number of benzene rings is 2. The molecule has 1 heterocycles. The van der Waals surface area contributed by atoms with Crippen LogP contribution in [0.3, 0.4) is 0 Å². The average Bonchev–Trinajstić information content (AvgIpc) is 2.62. The maximum atomic E-state index is 12.5. The Morgan fingerprint density at radius 2 is 2.12 bits per heavy atom. The molecule has 6 nitrogen and oxygen atoms in total. The summed E-state index contributed by atoms with van der Waals surface area (Å²) in [5.74, 6) is -1.06. The number of methoxy groups -OCH3 is 1. The van der Waals surface area contributed by atoms with Gasteiger partial charge in [0.2, 0.25) is 5.91 Å². The van der Waals surface area contributed by atoms with Crippen molar-refractivity contribution in [1.82, 2.24) is 0 Å². The highest BCUT2D eigenvalue weighted by Crippen LogP contribution is 2.32. The third kappa shape index (κ3) is 3.53. The van der Waals surface area contributed by atoms with Gasteiger partial charge in [0.1, 0.15) is 17.9 Å². The first-order valence-electron chi connectivity index (χ1n) is 7.62. The first kappa shape index (κ1) is 17.1. The van der Waals surface area contributed by atoms with Gasteiger partial charge in [-0.25, -0.2) is 4.79 Å². The van der Waals surface area contributed by atoms with Crippen LogP contribution in [0.5, 0.6) is 11.5 Å². The number of anilines is 1. The number of hydrogen-bond acceptors (Lipinski definition) is 5. The Morgan fingerprint density at radius 1 is 1.32 bits per heavy atom. The molecule has 0 aliphatic carbocycles. The zero-order valence-electron chi connectivity index (χ0n) is 13.4. The molecule has 1 unspecified atom stereocenters. The zero-order valence-corrected chi connectivity index (χ0v) is 14.2. The van der Waals surface area contributed by atoms with Gasteiger partial charge in [-0.1, -0.05) is 17.7 Å². The monoisotopic (exact) mass is 361 g/mol. The lowest BCUT2D eigenvalue weighted by molar-refractivity contribution is -0.121. The van der Waals surface area contributed by atoms with E-state index in [1.165, 1.54) is 19.2 Å². The smallest absolute Gasteiger partial charge is 0.341 e. The van der Waals surface area contributed by atoms with E-state index in [0.717, 1.165) is 5.56 Å². The Bertz CT molecular complexity index is 836. The Labute approximate surface area is 149 Å². The zero-order chi connectivity index (χ0) is 18.0. The summed E-state index contributed by atoms with van der Waals surface area (Å²) >= 11 is 5.98. The highest BCUT2D eigenvalue weighted by molar-refractivity contribution is 6.30. The fourth-order valence-electron chi connectivity index (χ4n) is 2.69. The van der Waals surface area contributed by atoms with Crippen LogP contribution in [0.25, 0.3) is 0 Å². The molecule has 130 valence electrons. The molecule has 0 fully saturated rings. The number of phenols is 1. The van der Waals surface area contributed by atoms with Gasteiger partial charge >= 0.3 is 5.97 Å². The van der Waals surface area contributed by atoms with Gasteiger partial charge in [0.25, 0.3) is 0 Å². The minimum Gasteiger partial charge on any atom is -0.505 e. The van der Waals surface area contributed by atoms with E-state index < -0.39 is 11.9 Å². The maximum Gasteiger partial charge on any atom is 0.341 e. The molecule has 2 aromatic carbocycles. The van der Waals surface area contributed by atoms with Crippen molar-refractivity contribution in [2.24, 2.45) is 5.92 Å². The highest BCUT2D eigenvalue weighted by Gasteiger charge is 2.27. The Morgan fingerprint density at radius 3 is 2.88 bits per heavy atom. The summed E-state index contributed by atoms with van der Waals surface area (Å²) in [7, 11) is 1.22. The number of carbonyl (C=O) groups excluding carboxylic acids is 2. The Balaban J connectivity index is 1.76. The minimum absolute atomic E-state index is 0.0164. The quantitative estimate of drug-likeness (QED) is 0.648. The van der Waals surface area contributed by atoms with Crippen molar-refractivity contribution in [3.05, 3.63) is 52.5 Å². The number of carbonyl (C=O) groups is 2. The first-order valence-corrected chi connectivity index (χ1v) is 7.99. The molecule has 2 aromatic rings. The highest BCUT2D eigenvalue weighted by atomic mass is 35.5. The van der Waals surface area contributed by atoms with Gasteiger partial charge in [0.15, 0.2) is 5.75 Å². The van der Waals surface area contributed by atoms with Crippen LogP contribution in [0, 0.1) is 5.92 Å². The normalized spacial score (nSPS) is 15.7. The number of amides is 1. The molecular weight excluding hydrogens is 346 g/mol. The molecule has 1 aliphatic heterocycles. The maximum absolute atomic E-state index is 12.5. The van der Waals surface area contributed by atoms with Gasteiger partial charge < -0.3 is 19.9 Å². The third-order valence-electron chi connectivity index (χ3n) is 4.00. The van der Waals surface area contributed by atoms with Crippen LogP contribution in [0.2, 0.25) is 5.02 Å². The van der Waals surface area contributed by atoms with Crippen molar-refractivity contribution in [3.63, 3.8) is 0 Å². The van der Waals surface area contributed by atoms with E-state index in [-0.39, 0.29) is 29.5 Å². The Hall–Kier alpha value is -2.73. The Kier molecular flexibility index (Phi) is 4.81. The molecule has 0 bridgehead atoms. The molecule has 0 saturated carbocycles. The number of rotatable bonds is 3. The van der Waals surface area contributed by atoms with Crippen molar-refractivity contribution < 1.29 is 24.2 Å². The fourth-order valence-corrected chi connectivity index (χ4v) is 2.88. The van der Waals surface area contributed by atoms with E-state index in [0.29, 0.717) is 17.2 Å². The van der Waals surface area contributed by atoms with Crippen LogP contribution < -0.4 is 10.1 Å². The van der Waals surface area contributed by atoms with Crippen molar-refractivity contribution in [2.75, 3.05) is 19.0 Å². The average molecular weight is 362 g/mol. The van der Waals surface area contributed by atoms with Gasteiger partial charge in [0.05, 0.1) is 18.7 Å². The number of aromatic hydroxyl groups is 1. The molecule has 0 saturated heterocycles. The summed E-state index contributed by atoms with van der Waals surface area (Å²) in [5, 5.41) is 13.4. The van der Waals surface area contributed by atoms with Crippen LogP contribution in [0.15, 0.2) is 36.4 Å². The summed E-state index contributed by atoms with van der Waals surface area (Å²) in [6, 6.07) is 9.75. The number of esters is 1. The summed E-state index contributed by atoms with van der Waals surface area (Å²) < 4.78 is 10.2. The van der Waals surface area contributed by atoms with Crippen molar-refractivity contribution >= 4 is 29.2 Å². The van der Waals surface area contributed by atoms with Crippen molar-refractivity contribution in [1.29, 1.82) is 0 Å². The lowest BCUT2D eigenvalue weighted by atomic mass is 9.96. The summed E-state index contributed by atoms with van der Waals surface area (Å²) in [5.41, 5.74) is 0.980. The number of hydrogen-bond donors (Lipinski definition) is 2. The molecule has 2 N–H and O–H groups in total. The summed E-state index contributed by atoms with van der Waals surface area (Å²) in [6.45, 7) is 0.220. The van der Waals surface area contributed by atoms with E-state index in [4.69, 9.17) is 16.3 Å². The number of nitrogens with one attached hydrogen (secondary N) is 1. The fraction of sp³-hybridized carbons (Fsp3) is 0.222. The number of ether oxygens (including phenoxy) is 2. The van der Waals surface area contributed by atoms with Gasteiger partial charge in [-0.2, -0.15) is 0 Å². The number of fused-ring (bicyclic) bond motifs is 1. The molecule has 0 aromatic heterocycles. The largest absolute Gasteiger partial charge is 0.505 e. The van der Waals surface area contributed by atoms with E-state index in [2.05, 4.69) is 10.1 Å². The molecule has 0 spiro atoms. The summed E-state index contributed by atoms with van der Waals surface area (Å²) in [4.78, 5) is 24.1. The number of para-hydroxylation sites is 1. The molecule has 25 heavy (non-hydrogen) atoms. The minimum atomic E-state index is -0.682. The van der Waals surface area contributed by atoms with Crippen molar-refractivity contribution in [2.45, 2.75) is 6.42 Å². The second kappa shape index (κ2) is 7.03. The second-order valence-electron chi connectivity index (χ2n) is 5.65. The number of phenolic OH excluding ortho intramolecular Hbond substituents is 1. The molecule has 1 aliphatic rings. The molecule has 1 atom stereocenters. The third-order valence-corrected chi connectivity index (χ3v) is 4.23. The van der Waals surface area contributed by atoms with Crippen LogP contribution in [0.4, 0.5) is 5.69 Å². The first-order chi connectivity index (χ1) is 12.0. The van der Waals surface area contributed by atoms with E-state index in [1.807, 2.05) is 0 Å². The predicted octanol–water partition coefficient (Wildman–Crippen LogP) is 3.02. The lowest BCUT2D eigenvalue weighted by Crippen LogP contribution is -2.32. The molecule has 3 rings (SSSR count). The molecule has 7 heteroatoms. The van der Waals surface area contributed by atoms with Crippen LogP contribution >= 0.6 is 11.6 Å². The second-order valence-corrected chi connectivity index (χ2v) is 6.08. The van der Waals surface area contributed by atoms with Gasteiger partial charge in [-0.15, -0.1) is 0 Å². The lowest BCUT2D eigenvalue weighted by Gasteiger charge is -2.25. The van der Waals surface area contributed by atoms with E-state index >= 15 is 0 Å². The van der Waals surface area contributed by atoms with Gasteiger partial charge in [0, 0.05) is 5.02 Å². The van der Waals surface area contributed by atoms with Gasteiger partial charge in [-0.05, 0) is 42.3 Å². The predicted molar refractivity (Wildman–Crippen MR) is 92.2 cm³/mol. The molecule has 1 amide bonds. The SMILES string of the molecule is COC(=O)c1cccc(NC(=O)C2COc3ccc(Cl)cc3C2)c1O. The van der Waals surface area contributed by atoms with Crippen LogP contribution in [-0.2, 0) is 16.0 Å². The van der Waals surface area contributed by atoms with Crippen LogP contribution in [0.1, 0.15) is 15.9 Å². The summed E-state index contributed by atoms with van der Waals surface area (Å²) in [6.07, 6.45) is 0.471.